The molecule has 0 bridgehead atoms. The highest BCUT2D eigenvalue weighted by Gasteiger charge is 2.37. The Morgan fingerprint density at radius 2 is 1.73 bits per heavy atom. The minimum atomic E-state index is -0.885. The van der Waals surface area contributed by atoms with E-state index in [4.69, 9.17) is 4.74 Å². The van der Waals surface area contributed by atoms with Crippen molar-refractivity contribution in [2.24, 2.45) is 0 Å². The third kappa shape index (κ3) is 4.73. The van der Waals surface area contributed by atoms with Gasteiger partial charge in [-0.05, 0) is 61.9 Å². The second-order valence-corrected chi connectivity index (χ2v) is 8.85. The monoisotopic (exact) mass is 497 g/mol. The molecule has 0 aliphatic carbocycles. The Balaban J connectivity index is 1.44. The van der Waals surface area contributed by atoms with Crippen molar-refractivity contribution in [3.63, 3.8) is 0 Å². The number of ether oxygens (including phenoxy) is 1. The molecule has 0 radical (unpaired) electrons. The molecule has 0 spiro atoms. The van der Waals surface area contributed by atoms with Crippen molar-refractivity contribution in [2.45, 2.75) is 20.4 Å². The number of imide groups is 2. The predicted octanol–water partition coefficient (Wildman–Crippen LogP) is 5.14. The molecule has 1 N–H and O–H groups in total. The number of fused-ring (bicyclic) bond motifs is 1. The summed E-state index contributed by atoms with van der Waals surface area (Å²) in [6, 6.07) is 17.7. The van der Waals surface area contributed by atoms with Crippen LogP contribution < -0.4 is 15.0 Å². The van der Waals surface area contributed by atoms with E-state index in [-0.39, 0.29) is 11.3 Å². The molecule has 8 heteroatoms. The summed E-state index contributed by atoms with van der Waals surface area (Å²) in [6.45, 7) is 5.00. The molecule has 5 rings (SSSR count). The quantitative estimate of drug-likeness (QED) is 0.295. The molecule has 7 nitrogen and oxygen atoms in total. The Kier molecular flexibility index (Phi) is 6.31. The largest absolute Gasteiger partial charge is 0.491 e. The zero-order valence-corrected chi connectivity index (χ0v) is 20.3. The van der Waals surface area contributed by atoms with Crippen LogP contribution in [0.4, 0.5) is 14.9 Å². The van der Waals surface area contributed by atoms with Crippen LogP contribution in [0.3, 0.4) is 0 Å². The number of hydrogen-bond acceptors (Lipinski definition) is 4. The van der Waals surface area contributed by atoms with Gasteiger partial charge in [-0.2, -0.15) is 0 Å². The number of aryl methyl sites for hydroxylation is 2. The maximum Gasteiger partial charge on any atom is 0.335 e. The first-order valence-electron chi connectivity index (χ1n) is 11.8. The molecule has 0 atom stereocenters. The lowest BCUT2D eigenvalue weighted by Gasteiger charge is -2.26. The highest BCUT2D eigenvalue weighted by molar-refractivity contribution is 6.39. The summed E-state index contributed by atoms with van der Waals surface area (Å²) in [7, 11) is 0. The van der Waals surface area contributed by atoms with Crippen molar-refractivity contribution in [2.75, 3.05) is 11.5 Å². The van der Waals surface area contributed by atoms with Gasteiger partial charge in [0.1, 0.15) is 23.7 Å². The van der Waals surface area contributed by atoms with Gasteiger partial charge in [0, 0.05) is 22.7 Å². The first-order chi connectivity index (χ1) is 17.8. The summed E-state index contributed by atoms with van der Waals surface area (Å²) in [5, 5.41) is 3.04. The van der Waals surface area contributed by atoms with Gasteiger partial charge >= 0.3 is 6.03 Å². The van der Waals surface area contributed by atoms with Crippen LogP contribution in [0.25, 0.3) is 17.0 Å². The molecule has 37 heavy (non-hydrogen) atoms. The first-order valence-corrected chi connectivity index (χ1v) is 11.8. The lowest BCUT2D eigenvalue weighted by molar-refractivity contribution is -0.122. The van der Waals surface area contributed by atoms with Crippen molar-refractivity contribution in [3.8, 4) is 5.75 Å². The van der Waals surface area contributed by atoms with Gasteiger partial charge in [-0.15, -0.1) is 0 Å². The van der Waals surface area contributed by atoms with Crippen molar-refractivity contribution >= 4 is 40.5 Å². The third-order valence-corrected chi connectivity index (χ3v) is 6.23. The third-order valence-electron chi connectivity index (χ3n) is 6.23. The van der Waals surface area contributed by atoms with Crippen molar-refractivity contribution in [1.82, 2.24) is 9.88 Å². The Labute approximate surface area is 212 Å². The van der Waals surface area contributed by atoms with Gasteiger partial charge in [-0.25, -0.2) is 14.1 Å². The lowest BCUT2D eigenvalue weighted by atomic mass is 10.1. The number of barbiturate groups is 1. The number of benzene rings is 3. The fraction of sp³-hybridized carbons (Fsp3) is 0.138. The minimum Gasteiger partial charge on any atom is -0.491 e. The number of carbonyl (C=O) groups is 3. The van der Waals surface area contributed by atoms with Crippen LogP contribution in [-0.4, -0.2) is 29.0 Å². The summed E-state index contributed by atoms with van der Waals surface area (Å²) in [5.41, 5.74) is 3.75. The molecule has 4 amide bonds. The molecule has 0 unspecified atom stereocenters. The van der Waals surface area contributed by atoms with Crippen LogP contribution in [0.2, 0.25) is 0 Å². The van der Waals surface area contributed by atoms with Crippen LogP contribution in [0, 0.1) is 19.7 Å². The van der Waals surface area contributed by atoms with Crippen LogP contribution in [-0.2, 0) is 16.1 Å². The highest BCUT2D eigenvalue weighted by atomic mass is 19.1. The molecule has 0 saturated carbocycles. The van der Waals surface area contributed by atoms with E-state index in [2.05, 4.69) is 11.4 Å². The number of hydrogen-bond donors (Lipinski definition) is 1. The number of amides is 4. The number of para-hydroxylation sites is 1. The SMILES string of the molecule is Cc1ccc(OCCn2cc(/C=C3/C(=O)NC(=O)N(c4ccc(F)cc4)C3=O)c3ccccc32)c(C)c1. The molecular formula is C29H24FN3O4. The highest BCUT2D eigenvalue weighted by Crippen LogP contribution is 2.27. The fourth-order valence-corrected chi connectivity index (χ4v) is 4.43. The van der Waals surface area contributed by atoms with Crippen molar-refractivity contribution in [3.05, 3.63) is 101 Å². The molecule has 186 valence electrons. The summed E-state index contributed by atoms with van der Waals surface area (Å²) in [5.74, 6) is -1.26. The molecule has 2 heterocycles. The smallest absolute Gasteiger partial charge is 0.335 e. The molecule has 1 fully saturated rings. The molecule has 3 aromatic carbocycles. The topological polar surface area (TPSA) is 80.6 Å². The van der Waals surface area contributed by atoms with Crippen LogP contribution >= 0.6 is 0 Å². The van der Waals surface area contributed by atoms with E-state index < -0.39 is 23.7 Å². The standard InChI is InChI=1S/C29H24FN3O4/c1-18-7-12-26(19(2)15-18)37-14-13-32-17-20(23-5-3-4-6-25(23)32)16-24-27(34)31-29(36)33(28(24)35)22-10-8-21(30)9-11-22/h3-12,15-17H,13-14H2,1-2H3,(H,31,34,36)/b24-16-. The minimum absolute atomic E-state index is 0.160. The van der Waals surface area contributed by atoms with Crippen LogP contribution in [0.5, 0.6) is 5.75 Å². The zero-order valence-electron chi connectivity index (χ0n) is 20.3. The van der Waals surface area contributed by atoms with E-state index in [0.717, 1.165) is 39.2 Å². The Hall–Kier alpha value is -4.72. The number of anilines is 1. The normalized spacial score (nSPS) is 14.9. The van der Waals surface area contributed by atoms with E-state index in [9.17, 15) is 18.8 Å². The zero-order chi connectivity index (χ0) is 26.1. The second-order valence-electron chi connectivity index (χ2n) is 8.85. The van der Waals surface area contributed by atoms with Crippen molar-refractivity contribution < 1.29 is 23.5 Å². The van der Waals surface area contributed by atoms with E-state index in [0.29, 0.717) is 18.7 Å². The second kappa shape index (κ2) is 9.73. The number of nitrogens with one attached hydrogen (secondary N) is 1. The number of rotatable bonds is 6. The van der Waals surface area contributed by atoms with E-state index in [1.165, 1.54) is 23.8 Å². The van der Waals surface area contributed by atoms with E-state index >= 15 is 0 Å². The van der Waals surface area contributed by atoms with Crippen LogP contribution in [0.15, 0.2) is 78.5 Å². The predicted molar refractivity (Wildman–Crippen MR) is 139 cm³/mol. The molecule has 4 aromatic rings. The Morgan fingerprint density at radius 1 is 0.973 bits per heavy atom. The molecule has 1 aliphatic rings. The molecule has 1 aliphatic heterocycles. The summed E-state index contributed by atoms with van der Waals surface area (Å²) < 4.78 is 21.4. The number of nitrogens with zero attached hydrogens (tertiary/aromatic N) is 2. The number of aromatic nitrogens is 1. The summed E-state index contributed by atoms with van der Waals surface area (Å²) in [6.07, 6.45) is 3.33. The maximum atomic E-state index is 13.4. The van der Waals surface area contributed by atoms with Gasteiger partial charge in [-0.1, -0.05) is 35.9 Å². The average molecular weight is 498 g/mol. The Bertz CT molecular complexity index is 1570. The lowest BCUT2D eigenvalue weighted by Crippen LogP contribution is -2.54. The van der Waals surface area contributed by atoms with Gasteiger partial charge in [0.15, 0.2) is 0 Å². The maximum absolute atomic E-state index is 13.4. The number of halogens is 1. The summed E-state index contributed by atoms with van der Waals surface area (Å²) in [4.78, 5) is 39.1. The molecular weight excluding hydrogens is 473 g/mol. The van der Waals surface area contributed by atoms with E-state index in [1.54, 1.807) is 0 Å². The fourth-order valence-electron chi connectivity index (χ4n) is 4.43. The van der Waals surface area contributed by atoms with Gasteiger partial charge < -0.3 is 9.30 Å². The van der Waals surface area contributed by atoms with Gasteiger partial charge in [0.05, 0.1) is 12.2 Å². The van der Waals surface area contributed by atoms with E-state index in [1.807, 2.05) is 61.0 Å². The summed E-state index contributed by atoms with van der Waals surface area (Å²) >= 11 is 0. The van der Waals surface area contributed by atoms with Crippen molar-refractivity contribution in [1.29, 1.82) is 0 Å². The van der Waals surface area contributed by atoms with Crippen LogP contribution in [0.1, 0.15) is 16.7 Å². The Morgan fingerprint density at radius 3 is 2.49 bits per heavy atom. The number of carbonyl (C=O) groups excluding carboxylic acids is 3. The van der Waals surface area contributed by atoms with Gasteiger partial charge in [-0.3, -0.25) is 14.9 Å². The molecule has 1 saturated heterocycles. The van der Waals surface area contributed by atoms with Gasteiger partial charge in [0.25, 0.3) is 11.8 Å². The molecule has 1 aromatic heterocycles. The van der Waals surface area contributed by atoms with Gasteiger partial charge in [0.2, 0.25) is 0 Å². The number of urea groups is 1. The average Bonchev–Trinajstić information content (AvgIpc) is 3.21. The first kappa shape index (κ1) is 24.0.